The number of likely N-dealkylation sites (N-methyl/N-ethyl adjacent to an activating group) is 1. The number of benzene rings is 1. The van der Waals surface area contributed by atoms with Crippen LogP contribution in [0.1, 0.15) is 0 Å². The van der Waals surface area contributed by atoms with Crippen LogP contribution in [0.25, 0.3) is 0 Å². The van der Waals surface area contributed by atoms with Crippen molar-refractivity contribution in [1.29, 1.82) is 0 Å². The molecule has 2 fully saturated rings. The molecule has 2 heterocycles. The Hall–Kier alpha value is -1.95. The van der Waals surface area contributed by atoms with Gasteiger partial charge in [-0.1, -0.05) is 18.2 Å². The van der Waals surface area contributed by atoms with Gasteiger partial charge in [0.1, 0.15) is 0 Å². The van der Waals surface area contributed by atoms with Gasteiger partial charge in [-0.25, -0.2) is 0 Å². The number of anilines is 1. The Balaban J connectivity index is 1.62. The summed E-state index contributed by atoms with van der Waals surface area (Å²) in [6, 6.07) is 10.3. The van der Waals surface area contributed by atoms with Crippen molar-refractivity contribution in [2.75, 3.05) is 38.1 Å². The number of piperazine rings is 1. The minimum atomic E-state index is -0.200. The predicted molar refractivity (Wildman–Crippen MR) is 84.1 cm³/mol. The smallest absolute Gasteiger partial charge is 0.293 e. The predicted octanol–water partition coefficient (Wildman–Crippen LogP) is 1.98. The van der Waals surface area contributed by atoms with Gasteiger partial charge in [-0.3, -0.25) is 14.5 Å². The zero-order valence-electron chi connectivity index (χ0n) is 11.9. The fourth-order valence-electron chi connectivity index (χ4n) is 2.45. The van der Waals surface area contributed by atoms with Crippen LogP contribution < -0.4 is 4.90 Å². The average Bonchev–Trinajstić information content (AvgIpc) is 2.76. The highest BCUT2D eigenvalue weighted by Crippen LogP contribution is 2.29. The first kappa shape index (κ1) is 14.0. The van der Waals surface area contributed by atoms with Crippen molar-refractivity contribution in [2.24, 2.45) is 0 Å². The van der Waals surface area contributed by atoms with Crippen molar-refractivity contribution in [3.8, 4) is 0 Å². The quantitative estimate of drug-likeness (QED) is 0.782. The standard InChI is InChI=1S/C15H17N3O2S/c1-16-14(19)13(21-15(16)20)11-17-7-9-18(10-8-17)12-5-3-2-4-6-12/h2-6,11H,7-10H2,1H3/b13-11+. The molecule has 110 valence electrons. The first-order valence-corrected chi connectivity index (χ1v) is 7.72. The number of amides is 2. The van der Waals surface area contributed by atoms with Gasteiger partial charge in [0.15, 0.2) is 0 Å². The number of rotatable bonds is 2. The van der Waals surface area contributed by atoms with Crippen LogP contribution in [0.15, 0.2) is 41.4 Å². The zero-order valence-corrected chi connectivity index (χ0v) is 12.7. The van der Waals surface area contributed by atoms with Crippen molar-refractivity contribution in [3.63, 3.8) is 0 Å². The molecule has 0 spiro atoms. The molecule has 1 aromatic carbocycles. The van der Waals surface area contributed by atoms with Crippen molar-refractivity contribution in [3.05, 3.63) is 41.4 Å². The van der Waals surface area contributed by atoms with E-state index in [0.717, 1.165) is 42.8 Å². The molecule has 0 atom stereocenters. The van der Waals surface area contributed by atoms with Gasteiger partial charge in [0.25, 0.3) is 11.1 Å². The van der Waals surface area contributed by atoms with E-state index in [1.54, 1.807) is 0 Å². The highest BCUT2D eigenvalue weighted by molar-refractivity contribution is 8.18. The van der Waals surface area contributed by atoms with E-state index in [9.17, 15) is 9.59 Å². The molecule has 3 rings (SSSR count). The molecule has 2 aliphatic rings. The molecule has 0 aromatic heterocycles. The fourth-order valence-corrected chi connectivity index (χ4v) is 3.28. The van der Waals surface area contributed by atoms with Gasteiger partial charge in [-0.2, -0.15) is 0 Å². The highest BCUT2D eigenvalue weighted by Gasteiger charge is 2.32. The second-order valence-corrected chi connectivity index (χ2v) is 6.08. The van der Waals surface area contributed by atoms with E-state index in [1.807, 2.05) is 24.4 Å². The molecular formula is C15H17N3O2S. The normalized spacial score (nSPS) is 21.6. The number of carbonyl (C=O) groups excluding carboxylic acids is 2. The molecule has 0 radical (unpaired) electrons. The minimum Gasteiger partial charge on any atom is -0.373 e. The summed E-state index contributed by atoms with van der Waals surface area (Å²) in [5.74, 6) is -0.199. The minimum absolute atomic E-state index is 0.199. The number of para-hydroxylation sites is 1. The number of hydrogen-bond acceptors (Lipinski definition) is 5. The van der Waals surface area contributed by atoms with E-state index in [4.69, 9.17) is 0 Å². The van der Waals surface area contributed by atoms with Gasteiger partial charge in [0.05, 0.1) is 4.91 Å². The second kappa shape index (κ2) is 5.81. The van der Waals surface area contributed by atoms with Crippen molar-refractivity contribution in [2.45, 2.75) is 0 Å². The van der Waals surface area contributed by atoms with E-state index in [-0.39, 0.29) is 11.1 Å². The second-order valence-electron chi connectivity index (χ2n) is 5.08. The SMILES string of the molecule is CN1C(=O)S/C(=C/N2CCN(c3ccccc3)CC2)C1=O. The Morgan fingerprint density at radius 3 is 2.29 bits per heavy atom. The van der Waals surface area contributed by atoms with Gasteiger partial charge >= 0.3 is 0 Å². The first-order valence-electron chi connectivity index (χ1n) is 6.91. The summed E-state index contributed by atoms with van der Waals surface area (Å²) in [5, 5.41) is -0.200. The molecule has 2 aliphatic heterocycles. The van der Waals surface area contributed by atoms with Gasteiger partial charge in [0, 0.05) is 45.1 Å². The van der Waals surface area contributed by atoms with Crippen LogP contribution in [0.4, 0.5) is 10.5 Å². The van der Waals surface area contributed by atoms with Gasteiger partial charge in [-0.05, 0) is 23.9 Å². The van der Waals surface area contributed by atoms with Crippen LogP contribution in [0.2, 0.25) is 0 Å². The van der Waals surface area contributed by atoms with Crippen LogP contribution in [0, 0.1) is 0 Å². The number of hydrogen-bond donors (Lipinski definition) is 0. The molecule has 0 bridgehead atoms. The lowest BCUT2D eigenvalue weighted by Gasteiger charge is -2.35. The molecule has 0 N–H and O–H groups in total. The molecular weight excluding hydrogens is 286 g/mol. The average molecular weight is 303 g/mol. The lowest BCUT2D eigenvalue weighted by atomic mass is 10.2. The Kier molecular flexibility index (Phi) is 3.88. The molecule has 0 saturated carbocycles. The monoisotopic (exact) mass is 303 g/mol. The Labute approximate surface area is 128 Å². The molecule has 5 nitrogen and oxygen atoms in total. The summed E-state index contributed by atoms with van der Waals surface area (Å²) >= 11 is 1.02. The molecule has 6 heteroatoms. The molecule has 0 unspecified atom stereocenters. The van der Waals surface area contributed by atoms with Gasteiger partial charge in [0.2, 0.25) is 0 Å². The molecule has 2 saturated heterocycles. The highest BCUT2D eigenvalue weighted by atomic mass is 32.2. The Morgan fingerprint density at radius 2 is 1.71 bits per heavy atom. The molecule has 21 heavy (non-hydrogen) atoms. The summed E-state index contributed by atoms with van der Waals surface area (Å²) in [6.07, 6.45) is 1.83. The van der Waals surface area contributed by atoms with Gasteiger partial charge < -0.3 is 9.80 Å². The zero-order chi connectivity index (χ0) is 14.8. The van der Waals surface area contributed by atoms with Crippen molar-refractivity contribution >= 4 is 28.6 Å². The van der Waals surface area contributed by atoms with E-state index in [2.05, 4.69) is 21.9 Å². The van der Waals surface area contributed by atoms with Crippen LogP contribution in [0.3, 0.4) is 0 Å². The van der Waals surface area contributed by atoms with Gasteiger partial charge in [-0.15, -0.1) is 0 Å². The van der Waals surface area contributed by atoms with Crippen LogP contribution in [-0.2, 0) is 4.79 Å². The summed E-state index contributed by atoms with van der Waals surface area (Å²) in [7, 11) is 1.52. The Morgan fingerprint density at radius 1 is 1.05 bits per heavy atom. The largest absolute Gasteiger partial charge is 0.373 e. The van der Waals surface area contributed by atoms with Crippen molar-refractivity contribution in [1.82, 2.24) is 9.80 Å². The first-order chi connectivity index (χ1) is 10.1. The van der Waals surface area contributed by atoms with E-state index in [1.165, 1.54) is 12.7 Å². The third-order valence-corrected chi connectivity index (χ3v) is 4.67. The van der Waals surface area contributed by atoms with Crippen LogP contribution >= 0.6 is 11.8 Å². The lowest BCUT2D eigenvalue weighted by Crippen LogP contribution is -2.44. The third-order valence-electron chi connectivity index (χ3n) is 3.72. The van der Waals surface area contributed by atoms with Crippen molar-refractivity contribution < 1.29 is 9.59 Å². The summed E-state index contributed by atoms with van der Waals surface area (Å²) < 4.78 is 0. The van der Waals surface area contributed by atoms with E-state index < -0.39 is 0 Å². The summed E-state index contributed by atoms with van der Waals surface area (Å²) in [4.78, 5) is 29.5. The number of carbonyl (C=O) groups is 2. The number of imide groups is 1. The third kappa shape index (κ3) is 2.90. The number of nitrogens with zero attached hydrogens (tertiary/aromatic N) is 3. The maximum Gasteiger partial charge on any atom is 0.293 e. The van der Waals surface area contributed by atoms with Crippen LogP contribution in [-0.4, -0.2) is 54.2 Å². The van der Waals surface area contributed by atoms with E-state index in [0.29, 0.717) is 4.91 Å². The lowest BCUT2D eigenvalue weighted by molar-refractivity contribution is -0.121. The number of thioether (sulfide) groups is 1. The molecule has 2 amide bonds. The maximum atomic E-state index is 11.9. The summed E-state index contributed by atoms with van der Waals surface area (Å²) in [6.45, 7) is 3.53. The van der Waals surface area contributed by atoms with Crippen LogP contribution in [0.5, 0.6) is 0 Å². The molecule has 0 aliphatic carbocycles. The van der Waals surface area contributed by atoms with E-state index >= 15 is 0 Å². The fraction of sp³-hybridized carbons (Fsp3) is 0.333. The summed E-state index contributed by atoms with van der Waals surface area (Å²) in [5.41, 5.74) is 1.23. The maximum absolute atomic E-state index is 11.9. The molecule has 1 aromatic rings. The Bertz CT molecular complexity index is 580. The topological polar surface area (TPSA) is 43.9 Å².